The number of likely N-dealkylation sites (tertiary alicyclic amines) is 1. The average molecular weight is 240 g/mol. The Bertz CT molecular complexity index is 261. The molecule has 1 heterocycles. The normalized spacial score (nSPS) is 28.2. The van der Waals surface area contributed by atoms with Crippen molar-refractivity contribution in [2.45, 2.75) is 51.6 Å². The lowest BCUT2D eigenvalue weighted by atomic mass is 9.82. The first-order chi connectivity index (χ1) is 8.07. The Morgan fingerprint density at radius 1 is 1.35 bits per heavy atom. The first-order valence-electron chi connectivity index (χ1n) is 7.22. The molecular formula is C14H28N2O. The van der Waals surface area contributed by atoms with Crippen LogP contribution in [0, 0.1) is 11.3 Å². The van der Waals surface area contributed by atoms with Crippen LogP contribution in [0.2, 0.25) is 0 Å². The number of nitrogens with two attached hydrogens (primary N) is 1. The fourth-order valence-electron chi connectivity index (χ4n) is 3.36. The lowest BCUT2D eigenvalue weighted by molar-refractivity contribution is -0.00540. The zero-order chi connectivity index (χ0) is 12.5. The first kappa shape index (κ1) is 13.3. The number of hydrogen-bond donors (Lipinski definition) is 2. The highest BCUT2D eigenvalue weighted by molar-refractivity contribution is 4.99. The molecule has 0 amide bonds. The van der Waals surface area contributed by atoms with Crippen LogP contribution in [0.25, 0.3) is 0 Å². The fraction of sp³-hybridized carbons (Fsp3) is 1.00. The molecule has 17 heavy (non-hydrogen) atoms. The van der Waals surface area contributed by atoms with E-state index >= 15 is 0 Å². The van der Waals surface area contributed by atoms with E-state index in [2.05, 4.69) is 18.7 Å². The quantitative estimate of drug-likeness (QED) is 0.741. The van der Waals surface area contributed by atoms with Crippen molar-refractivity contribution in [3.05, 3.63) is 0 Å². The molecule has 0 bridgehead atoms. The van der Waals surface area contributed by atoms with Crippen LogP contribution in [0.1, 0.15) is 46.0 Å². The van der Waals surface area contributed by atoms with Gasteiger partial charge in [0, 0.05) is 19.6 Å². The third-order valence-electron chi connectivity index (χ3n) is 5.21. The zero-order valence-corrected chi connectivity index (χ0v) is 11.4. The summed E-state index contributed by atoms with van der Waals surface area (Å²) in [6, 6.07) is 0. The maximum Gasteiger partial charge on any atom is 0.0923 e. The maximum atomic E-state index is 10.6. The van der Waals surface area contributed by atoms with Gasteiger partial charge in [-0.25, -0.2) is 0 Å². The molecule has 3 heteroatoms. The Morgan fingerprint density at radius 3 is 2.41 bits per heavy atom. The van der Waals surface area contributed by atoms with Gasteiger partial charge in [-0.1, -0.05) is 13.8 Å². The second-order valence-corrected chi connectivity index (χ2v) is 6.25. The van der Waals surface area contributed by atoms with Gasteiger partial charge in [-0.05, 0) is 50.0 Å². The second kappa shape index (κ2) is 4.87. The lowest BCUT2D eigenvalue weighted by Crippen LogP contribution is -2.50. The Hall–Kier alpha value is -0.120. The van der Waals surface area contributed by atoms with Crippen molar-refractivity contribution >= 4 is 0 Å². The summed E-state index contributed by atoms with van der Waals surface area (Å²) >= 11 is 0. The molecule has 0 aromatic rings. The minimum atomic E-state index is -0.614. The molecule has 0 spiro atoms. The van der Waals surface area contributed by atoms with Crippen LogP contribution in [-0.2, 0) is 0 Å². The summed E-state index contributed by atoms with van der Waals surface area (Å²) in [4.78, 5) is 2.44. The molecule has 1 aliphatic carbocycles. The van der Waals surface area contributed by atoms with Gasteiger partial charge >= 0.3 is 0 Å². The molecule has 1 aliphatic heterocycles. The van der Waals surface area contributed by atoms with E-state index in [1.54, 1.807) is 0 Å². The van der Waals surface area contributed by atoms with Crippen LogP contribution in [0.5, 0.6) is 0 Å². The molecule has 1 saturated carbocycles. The van der Waals surface area contributed by atoms with E-state index in [1.807, 2.05) is 0 Å². The van der Waals surface area contributed by atoms with Crippen LogP contribution >= 0.6 is 0 Å². The smallest absolute Gasteiger partial charge is 0.0923 e. The van der Waals surface area contributed by atoms with Gasteiger partial charge < -0.3 is 10.8 Å². The van der Waals surface area contributed by atoms with Crippen molar-refractivity contribution < 1.29 is 5.11 Å². The Balaban J connectivity index is 1.92. The predicted molar refractivity (Wildman–Crippen MR) is 70.8 cm³/mol. The van der Waals surface area contributed by atoms with Gasteiger partial charge in [0.25, 0.3) is 0 Å². The maximum absolute atomic E-state index is 10.6. The molecule has 3 nitrogen and oxygen atoms in total. The standard InChI is InChI=1S/C14H28N2O/c1-3-13(4-2)7-8-16(10-13)11-14(17,9-15)12-5-6-12/h12,17H,3-11,15H2,1-2H3. The summed E-state index contributed by atoms with van der Waals surface area (Å²) in [5, 5.41) is 10.6. The molecule has 0 aromatic heterocycles. The van der Waals surface area contributed by atoms with Crippen molar-refractivity contribution in [3.63, 3.8) is 0 Å². The van der Waals surface area contributed by atoms with E-state index in [0.29, 0.717) is 17.9 Å². The van der Waals surface area contributed by atoms with E-state index in [4.69, 9.17) is 5.73 Å². The Morgan fingerprint density at radius 2 is 2.00 bits per heavy atom. The Kier molecular flexibility index (Phi) is 3.81. The van der Waals surface area contributed by atoms with Gasteiger partial charge in [-0.15, -0.1) is 0 Å². The number of nitrogens with zero attached hydrogens (tertiary/aromatic N) is 1. The Labute approximate surface area is 105 Å². The largest absolute Gasteiger partial charge is 0.387 e. The van der Waals surface area contributed by atoms with E-state index in [1.165, 1.54) is 19.3 Å². The summed E-state index contributed by atoms with van der Waals surface area (Å²) in [7, 11) is 0. The average Bonchev–Trinajstić information content (AvgIpc) is 3.13. The van der Waals surface area contributed by atoms with Crippen LogP contribution in [0.4, 0.5) is 0 Å². The van der Waals surface area contributed by atoms with Crippen molar-refractivity contribution in [2.24, 2.45) is 17.1 Å². The molecule has 2 rings (SSSR count). The third-order valence-corrected chi connectivity index (χ3v) is 5.21. The SMILES string of the molecule is CCC1(CC)CCN(CC(O)(CN)C2CC2)C1. The van der Waals surface area contributed by atoms with Crippen LogP contribution in [0.15, 0.2) is 0 Å². The lowest BCUT2D eigenvalue weighted by Gasteiger charge is -2.33. The summed E-state index contributed by atoms with van der Waals surface area (Å²) in [6.45, 7) is 8.08. The van der Waals surface area contributed by atoms with Gasteiger partial charge in [0.1, 0.15) is 0 Å². The van der Waals surface area contributed by atoms with Crippen molar-refractivity contribution in [3.8, 4) is 0 Å². The molecule has 0 radical (unpaired) electrons. The van der Waals surface area contributed by atoms with Crippen molar-refractivity contribution in [1.82, 2.24) is 4.90 Å². The van der Waals surface area contributed by atoms with E-state index < -0.39 is 5.60 Å². The highest BCUT2D eigenvalue weighted by Crippen LogP contribution is 2.42. The van der Waals surface area contributed by atoms with E-state index in [9.17, 15) is 5.11 Å². The summed E-state index contributed by atoms with van der Waals surface area (Å²) < 4.78 is 0. The molecule has 1 unspecified atom stereocenters. The van der Waals surface area contributed by atoms with Crippen LogP contribution in [-0.4, -0.2) is 41.8 Å². The number of rotatable bonds is 6. The van der Waals surface area contributed by atoms with Crippen molar-refractivity contribution in [1.29, 1.82) is 0 Å². The summed E-state index contributed by atoms with van der Waals surface area (Å²) in [6.07, 6.45) is 6.11. The molecule has 2 fully saturated rings. The molecule has 1 atom stereocenters. The predicted octanol–water partition coefficient (Wildman–Crippen LogP) is 1.60. The molecule has 2 aliphatic rings. The highest BCUT2D eigenvalue weighted by Gasteiger charge is 2.46. The molecule has 1 saturated heterocycles. The minimum absolute atomic E-state index is 0.416. The summed E-state index contributed by atoms with van der Waals surface area (Å²) in [5.74, 6) is 0.464. The molecule has 3 N–H and O–H groups in total. The van der Waals surface area contributed by atoms with Gasteiger partial charge in [0.15, 0.2) is 0 Å². The highest BCUT2D eigenvalue weighted by atomic mass is 16.3. The van der Waals surface area contributed by atoms with E-state index in [0.717, 1.165) is 32.5 Å². The third kappa shape index (κ3) is 2.67. The van der Waals surface area contributed by atoms with Gasteiger partial charge in [0.05, 0.1) is 5.60 Å². The first-order valence-corrected chi connectivity index (χ1v) is 7.22. The zero-order valence-electron chi connectivity index (χ0n) is 11.4. The monoisotopic (exact) mass is 240 g/mol. The van der Waals surface area contributed by atoms with Crippen LogP contribution < -0.4 is 5.73 Å². The van der Waals surface area contributed by atoms with Gasteiger partial charge in [-0.3, -0.25) is 4.90 Å². The topological polar surface area (TPSA) is 49.5 Å². The van der Waals surface area contributed by atoms with Crippen LogP contribution in [0.3, 0.4) is 0 Å². The summed E-state index contributed by atoms with van der Waals surface area (Å²) in [5.41, 5.74) is 5.67. The molecule has 100 valence electrons. The number of β-amino-alcohol motifs (C(OH)–C–C–N with tert-alkyl or cyclic N) is 1. The number of hydrogen-bond acceptors (Lipinski definition) is 3. The van der Waals surface area contributed by atoms with Crippen molar-refractivity contribution in [2.75, 3.05) is 26.2 Å². The van der Waals surface area contributed by atoms with Gasteiger partial charge in [-0.2, -0.15) is 0 Å². The molecule has 0 aromatic carbocycles. The van der Waals surface area contributed by atoms with Gasteiger partial charge in [0.2, 0.25) is 0 Å². The fourth-order valence-corrected chi connectivity index (χ4v) is 3.36. The molecular weight excluding hydrogens is 212 g/mol. The number of aliphatic hydroxyl groups is 1. The van der Waals surface area contributed by atoms with E-state index in [-0.39, 0.29) is 0 Å². The second-order valence-electron chi connectivity index (χ2n) is 6.25. The minimum Gasteiger partial charge on any atom is -0.387 e.